The lowest BCUT2D eigenvalue weighted by Crippen LogP contribution is -2.34. The van der Waals surface area contributed by atoms with Crippen LogP contribution >= 0.6 is 0 Å². The minimum atomic E-state index is 0.144. The van der Waals surface area contributed by atoms with E-state index in [2.05, 4.69) is 16.4 Å². The highest BCUT2D eigenvalue weighted by Crippen LogP contribution is 2.10. The molecule has 0 fully saturated rings. The maximum absolute atomic E-state index is 5.74. The second kappa shape index (κ2) is 6.58. The normalized spacial score (nSPS) is 14.8. The smallest absolute Gasteiger partial charge is 0.0667 e. The van der Waals surface area contributed by atoms with Crippen molar-refractivity contribution in [1.29, 1.82) is 0 Å². The Hall–Kier alpha value is -0.970. The van der Waals surface area contributed by atoms with E-state index in [0.29, 0.717) is 6.54 Å². The van der Waals surface area contributed by atoms with Crippen molar-refractivity contribution in [3.8, 4) is 0 Å². The van der Waals surface area contributed by atoms with Crippen molar-refractivity contribution < 1.29 is 4.74 Å². The van der Waals surface area contributed by atoms with Gasteiger partial charge in [-0.3, -0.25) is 4.98 Å². The molecule has 4 nitrogen and oxygen atoms in total. The number of hydrogen-bond acceptors (Lipinski definition) is 4. The number of aromatic nitrogens is 1. The number of ether oxygens (including phenoxy) is 1. The number of pyridine rings is 1. The number of hydrogen-bond donors (Lipinski definition) is 2. The van der Waals surface area contributed by atoms with Crippen LogP contribution in [0.2, 0.25) is 0 Å². The fraction of sp³-hybridized carbons (Fsp3) is 0.583. The maximum atomic E-state index is 5.74. The fourth-order valence-electron chi connectivity index (χ4n) is 1.41. The van der Waals surface area contributed by atoms with E-state index in [1.54, 1.807) is 7.11 Å². The van der Waals surface area contributed by atoms with Crippen LogP contribution in [-0.2, 0) is 4.74 Å². The van der Waals surface area contributed by atoms with Crippen molar-refractivity contribution in [2.75, 3.05) is 20.2 Å². The van der Waals surface area contributed by atoms with Gasteiger partial charge < -0.3 is 15.8 Å². The van der Waals surface area contributed by atoms with E-state index in [-0.39, 0.29) is 12.1 Å². The van der Waals surface area contributed by atoms with Gasteiger partial charge in [-0.2, -0.15) is 0 Å². The molecule has 1 heterocycles. The molecule has 1 aromatic rings. The van der Waals surface area contributed by atoms with Crippen LogP contribution in [0.5, 0.6) is 0 Å². The van der Waals surface area contributed by atoms with Gasteiger partial charge in [-0.05, 0) is 25.5 Å². The Morgan fingerprint density at radius 3 is 2.75 bits per heavy atom. The molecule has 1 aromatic heterocycles. The van der Waals surface area contributed by atoms with Gasteiger partial charge in [0.1, 0.15) is 0 Å². The molecule has 0 amide bonds. The Morgan fingerprint density at radius 1 is 1.50 bits per heavy atom. The summed E-state index contributed by atoms with van der Waals surface area (Å²) in [6.45, 7) is 5.34. The van der Waals surface area contributed by atoms with Crippen LogP contribution in [0.1, 0.15) is 24.2 Å². The molecule has 0 saturated heterocycles. The van der Waals surface area contributed by atoms with Crippen LogP contribution in [0.4, 0.5) is 0 Å². The van der Waals surface area contributed by atoms with E-state index in [4.69, 9.17) is 10.5 Å². The molecule has 2 unspecified atom stereocenters. The third kappa shape index (κ3) is 3.89. The minimum absolute atomic E-state index is 0.144. The molecular formula is C12H21N3O. The third-order valence-corrected chi connectivity index (χ3v) is 2.63. The lowest BCUT2D eigenvalue weighted by molar-refractivity contribution is 0.114. The van der Waals surface area contributed by atoms with Gasteiger partial charge >= 0.3 is 0 Å². The van der Waals surface area contributed by atoms with Crippen molar-refractivity contribution in [3.05, 3.63) is 29.6 Å². The van der Waals surface area contributed by atoms with Crippen LogP contribution in [0.15, 0.2) is 18.3 Å². The molecular weight excluding hydrogens is 202 g/mol. The first-order chi connectivity index (χ1) is 7.67. The number of nitrogens with one attached hydrogen (secondary N) is 1. The average molecular weight is 223 g/mol. The minimum Gasteiger partial charge on any atom is -0.380 e. The molecule has 0 aromatic carbocycles. The number of aryl methyl sites for hydroxylation is 1. The zero-order valence-electron chi connectivity index (χ0n) is 10.2. The van der Waals surface area contributed by atoms with Crippen molar-refractivity contribution in [2.24, 2.45) is 5.73 Å². The molecule has 0 bridgehead atoms. The standard InChI is InChI=1S/C12H21N3O/c1-9-4-5-11(8-14-9)12(6-13)15-7-10(2)16-3/h4-5,8,10,12,15H,6-7,13H2,1-3H3. The number of nitrogens with zero attached hydrogens (tertiary/aromatic N) is 1. The summed E-state index contributed by atoms with van der Waals surface area (Å²) in [5.74, 6) is 0. The third-order valence-electron chi connectivity index (χ3n) is 2.63. The summed E-state index contributed by atoms with van der Waals surface area (Å²) in [5, 5.41) is 3.37. The Bertz CT molecular complexity index is 300. The van der Waals surface area contributed by atoms with Crippen molar-refractivity contribution in [2.45, 2.75) is 26.0 Å². The van der Waals surface area contributed by atoms with Crippen LogP contribution < -0.4 is 11.1 Å². The zero-order valence-corrected chi connectivity index (χ0v) is 10.2. The molecule has 3 N–H and O–H groups in total. The first kappa shape index (κ1) is 13.1. The highest BCUT2D eigenvalue weighted by molar-refractivity contribution is 5.17. The quantitative estimate of drug-likeness (QED) is 0.755. The Balaban J connectivity index is 2.57. The second-order valence-corrected chi connectivity index (χ2v) is 3.98. The predicted octanol–water partition coefficient (Wildman–Crippen LogP) is 1.01. The summed E-state index contributed by atoms with van der Waals surface area (Å²) in [6.07, 6.45) is 2.06. The van der Waals surface area contributed by atoms with E-state index in [0.717, 1.165) is 17.8 Å². The lowest BCUT2D eigenvalue weighted by atomic mass is 10.1. The van der Waals surface area contributed by atoms with E-state index >= 15 is 0 Å². The maximum Gasteiger partial charge on any atom is 0.0667 e. The lowest BCUT2D eigenvalue weighted by Gasteiger charge is -2.19. The first-order valence-corrected chi connectivity index (χ1v) is 5.56. The van der Waals surface area contributed by atoms with Gasteiger partial charge in [0.15, 0.2) is 0 Å². The summed E-state index contributed by atoms with van der Waals surface area (Å²) < 4.78 is 5.18. The van der Waals surface area contributed by atoms with E-state index < -0.39 is 0 Å². The van der Waals surface area contributed by atoms with E-state index in [9.17, 15) is 0 Å². The summed E-state index contributed by atoms with van der Waals surface area (Å²) in [4.78, 5) is 4.27. The molecule has 90 valence electrons. The SMILES string of the molecule is COC(C)CNC(CN)c1ccc(C)nc1. The monoisotopic (exact) mass is 223 g/mol. The van der Waals surface area contributed by atoms with Crippen LogP contribution in [0, 0.1) is 6.92 Å². The summed E-state index contributed by atoms with van der Waals surface area (Å²) in [6, 6.07) is 4.20. The molecule has 4 heteroatoms. The predicted molar refractivity (Wildman–Crippen MR) is 65.2 cm³/mol. The highest BCUT2D eigenvalue weighted by Gasteiger charge is 2.10. The Kier molecular flexibility index (Phi) is 5.38. The molecule has 16 heavy (non-hydrogen) atoms. The number of methoxy groups -OCH3 is 1. The summed E-state index contributed by atoms with van der Waals surface area (Å²) >= 11 is 0. The van der Waals surface area contributed by atoms with Gasteiger partial charge in [-0.1, -0.05) is 6.07 Å². The van der Waals surface area contributed by atoms with Crippen molar-refractivity contribution >= 4 is 0 Å². The number of nitrogens with two attached hydrogens (primary N) is 1. The molecule has 0 aliphatic heterocycles. The van der Waals surface area contributed by atoms with Crippen LogP contribution in [0.3, 0.4) is 0 Å². The summed E-state index contributed by atoms with van der Waals surface area (Å²) in [7, 11) is 1.71. The summed E-state index contributed by atoms with van der Waals surface area (Å²) in [5.41, 5.74) is 7.88. The van der Waals surface area contributed by atoms with Crippen molar-refractivity contribution in [3.63, 3.8) is 0 Å². The molecule has 0 aliphatic carbocycles. The molecule has 1 rings (SSSR count). The van der Waals surface area contributed by atoms with Gasteiger partial charge in [0.05, 0.1) is 6.10 Å². The second-order valence-electron chi connectivity index (χ2n) is 3.98. The molecule has 0 radical (unpaired) electrons. The van der Waals surface area contributed by atoms with E-state index in [1.165, 1.54) is 0 Å². The largest absolute Gasteiger partial charge is 0.380 e. The first-order valence-electron chi connectivity index (χ1n) is 5.56. The Labute approximate surface area is 97.2 Å². The topological polar surface area (TPSA) is 60.2 Å². The van der Waals surface area contributed by atoms with Gasteiger partial charge in [0.2, 0.25) is 0 Å². The van der Waals surface area contributed by atoms with Crippen LogP contribution in [-0.4, -0.2) is 31.3 Å². The zero-order chi connectivity index (χ0) is 12.0. The molecule has 0 aliphatic rings. The van der Waals surface area contributed by atoms with Gasteiger partial charge in [0, 0.05) is 38.1 Å². The molecule has 0 saturated carbocycles. The van der Waals surface area contributed by atoms with Gasteiger partial charge in [-0.15, -0.1) is 0 Å². The Morgan fingerprint density at radius 2 is 2.25 bits per heavy atom. The number of rotatable bonds is 6. The van der Waals surface area contributed by atoms with Gasteiger partial charge in [0.25, 0.3) is 0 Å². The van der Waals surface area contributed by atoms with Gasteiger partial charge in [-0.25, -0.2) is 0 Å². The molecule has 2 atom stereocenters. The van der Waals surface area contributed by atoms with Crippen molar-refractivity contribution in [1.82, 2.24) is 10.3 Å². The van der Waals surface area contributed by atoms with E-state index in [1.807, 2.05) is 26.1 Å². The molecule has 0 spiro atoms. The highest BCUT2D eigenvalue weighted by atomic mass is 16.5. The fourth-order valence-corrected chi connectivity index (χ4v) is 1.41. The average Bonchev–Trinajstić information content (AvgIpc) is 2.31. The van der Waals surface area contributed by atoms with Crippen LogP contribution in [0.25, 0.3) is 0 Å².